The first-order valence-corrected chi connectivity index (χ1v) is 15.4. The lowest BCUT2D eigenvalue weighted by atomic mass is 9.72. The second kappa shape index (κ2) is 13.6. The summed E-state index contributed by atoms with van der Waals surface area (Å²) >= 11 is 0. The number of ether oxygens (including phenoxy) is 3. The lowest BCUT2D eigenvalue weighted by Crippen LogP contribution is -2.53. The quantitative estimate of drug-likeness (QED) is 0.205. The number of methoxy groups -OCH3 is 1. The van der Waals surface area contributed by atoms with Crippen LogP contribution in [-0.4, -0.2) is 103 Å². The van der Waals surface area contributed by atoms with Crippen LogP contribution in [0.4, 0.5) is 0 Å². The van der Waals surface area contributed by atoms with Crippen LogP contribution in [0.2, 0.25) is 0 Å². The van der Waals surface area contributed by atoms with Gasteiger partial charge in [-0.1, -0.05) is 12.1 Å². The molecule has 13 nitrogen and oxygen atoms in total. The number of benzene rings is 2. The minimum atomic E-state index is -2.24. The molecule has 0 bridgehead atoms. The fourth-order valence-electron chi connectivity index (χ4n) is 5.75. The van der Waals surface area contributed by atoms with Crippen LogP contribution < -0.4 is 10.5 Å². The van der Waals surface area contributed by atoms with E-state index in [4.69, 9.17) is 19.9 Å². The monoisotopic (exact) mass is 657 g/mol. The molecular weight excluding hydrogens is 622 g/mol. The number of Topliss-reactive ketones (excluding diaryl/α,β-unsaturated/α-hetero) is 1. The average molecular weight is 658 g/mol. The van der Waals surface area contributed by atoms with Crippen molar-refractivity contribution in [3.63, 3.8) is 0 Å². The number of carbonyl (C=O) groups is 3. The molecule has 2 aromatic carbocycles. The standard InChI is InChI=1S/C27H29NO11.C2H6OS.ClH/c1-10-22(31)13(28)6-17(38-10)39-15-8-27(36,16(30)9-29)7-12-19(15)26(35)21-20(24(12)33)23(32)11-4-3-5-14(37-2)18(11)25(21)34;1-4(2)3;/h3-5,10,13,15,17,22,29,31,33,35-36H,6-9,28H2,1-2H3;1-2H3;1H/t10-,13-,15-,17-,22+,27-;;/m0../s1. The highest BCUT2D eigenvalue weighted by Crippen LogP contribution is 2.52. The zero-order valence-corrected chi connectivity index (χ0v) is 26.1. The Hall–Kier alpha value is -2.95. The minimum Gasteiger partial charge on any atom is -0.507 e. The fraction of sp³-hybridized carbons (Fsp3) is 0.483. The summed E-state index contributed by atoms with van der Waals surface area (Å²) in [7, 11) is 0.711. The lowest BCUT2D eigenvalue weighted by Gasteiger charge is -2.42. The summed E-state index contributed by atoms with van der Waals surface area (Å²) in [6, 6.07) is 3.64. The van der Waals surface area contributed by atoms with Crippen molar-refractivity contribution in [3.8, 4) is 17.2 Å². The highest BCUT2D eigenvalue weighted by atomic mass is 35.5. The number of aliphatic hydroxyl groups is 3. The Morgan fingerprint density at radius 2 is 1.75 bits per heavy atom. The summed E-state index contributed by atoms with van der Waals surface area (Å²) in [4.78, 5) is 39.7. The Labute approximate surface area is 261 Å². The van der Waals surface area contributed by atoms with Crippen molar-refractivity contribution in [1.82, 2.24) is 0 Å². The number of nitrogens with two attached hydrogens (primary N) is 1. The summed E-state index contributed by atoms with van der Waals surface area (Å²) in [5, 5.41) is 53.7. The number of fused-ring (bicyclic) bond motifs is 3. The van der Waals surface area contributed by atoms with Gasteiger partial charge in [-0.15, -0.1) is 12.4 Å². The molecule has 0 aromatic heterocycles. The molecule has 2 aromatic rings. The van der Waals surface area contributed by atoms with E-state index >= 15 is 0 Å². The molecule has 0 saturated carbocycles. The molecule has 1 fully saturated rings. The van der Waals surface area contributed by atoms with Gasteiger partial charge in [0.2, 0.25) is 5.78 Å². The Balaban J connectivity index is 0.000000998. The third-order valence-corrected chi connectivity index (χ3v) is 7.81. The molecule has 3 aliphatic rings. The van der Waals surface area contributed by atoms with E-state index in [-0.39, 0.29) is 46.8 Å². The molecule has 0 unspecified atom stereocenters. The predicted octanol–water partition coefficient (Wildman–Crippen LogP) is 0.418. The van der Waals surface area contributed by atoms with E-state index < -0.39 is 106 Å². The van der Waals surface area contributed by atoms with Crippen LogP contribution in [0.1, 0.15) is 68.8 Å². The number of aromatic hydroxyl groups is 2. The maximum atomic E-state index is 13.6. The molecule has 2 aliphatic carbocycles. The summed E-state index contributed by atoms with van der Waals surface area (Å²) in [5.74, 6) is -3.77. The van der Waals surface area contributed by atoms with E-state index in [0.29, 0.717) is 0 Å². The molecule has 6 atom stereocenters. The first kappa shape index (κ1) is 35.5. The van der Waals surface area contributed by atoms with Gasteiger partial charge >= 0.3 is 0 Å². The van der Waals surface area contributed by atoms with Crippen LogP contribution in [0.5, 0.6) is 17.2 Å². The van der Waals surface area contributed by atoms with E-state index in [2.05, 4.69) is 0 Å². The number of rotatable bonds is 5. The molecule has 44 heavy (non-hydrogen) atoms. The van der Waals surface area contributed by atoms with Crippen molar-refractivity contribution >= 4 is 40.6 Å². The van der Waals surface area contributed by atoms with E-state index in [1.807, 2.05) is 0 Å². The van der Waals surface area contributed by atoms with Gasteiger partial charge in [-0.2, -0.15) is 0 Å². The third-order valence-electron chi connectivity index (χ3n) is 7.81. The first-order valence-electron chi connectivity index (χ1n) is 13.4. The fourth-order valence-corrected chi connectivity index (χ4v) is 5.75. The summed E-state index contributed by atoms with van der Waals surface area (Å²) in [5.41, 5.74) is 2.37. The number of aliphatic hydroxyl groups excluding tert-OH is 2. The van der Waals surface area contributed by atoms with Crippen molar-refractivity contribution in [1.29, 1.82) is 0 Å². The second-order valence-corrected chi connectivity index (χ2v) is 12.4. The smallest absolute Gasteiger partial charge is 0.202 e. The van der Waals surface area contributed by atoms with Crippen LogP contribution >= 0.6 is 12.4 Å². The van der Waals surface area contributed by atoms with Crippen molar-refractivity contribution in [2.45, 2.75) is 62.4 Å². The van der Waals surface area contributed by atoms with Gasteiger partial charge in [-0.3, -0.25) is 18.6 Å². The normalized spacial score (nSPS) is 27.2. The highest BCUT2D eigenvalue weighted by molar-refractivity contribution is 7.83. The maximum Gasteiger partial charge on any atom is 0.202 e. The van der Waals surface area contributed by atoms with E-state index in [0.717, 1.165) is 0 Å². The maximum absolute atomic E-state index is 13.6. The Bertz CT molecular complexity index is 1480. The van der Waals surface area contributed by atoms with Gasteiger partial charge in [0.05, 0.1) is 42.1 Å². The Morgan fingerprint density at radius 1 is 1.14 bits per heavy atom. The zero-order chi connectivity index (χ0) is 32.0. The molecule has 0 spiro atoms. The van der Waals surface area contributed by atoms with E-state index in [1.165, 1.54) is 25.3 Å². The van der Waals surface area contributed by atoms with Gasteiger partial charge in [0.15, 0.2) is 17.9 Å². The van der Waals surface area contributed by atoms with Gasteiger partial charge in [0, 0.05) is 65.3 Å². The Kier molecular flexibility index (Phi) is 11.0. The molecule has 1 aliphatic heterocycles. The molecule has 5 rings (SSSR count). The van der Waals surface area contributed by atoms with Gasteiger partial charge in [0.25, 0.3) is 0 Å². The van der Waals surface area contributed by atoms with Crippen LogP contribution in [0, 0.1) is 0 Å². The second-order valence-electron chi connectivity index (χ2n) is 10.9. The molecule has 1 saturated heterocycles. The first-order chi connectivity index (χ1) is 20.2. The molecule has 0 amide bonds. The number of hydrogen-bond acceptors (Lipinski definition) is 13. The lowest BCUT2D eigenvalue weighted by molar-refractivity contribution is -0.247. The van der Waals surface area contributed by atoms with Gasteiger partial charge < -0.3 is 45.5 Å². The number of carbonyl (C=O) groups excluding carboxylic acids is 3. The number of hydrogen-bond donors (Lipinski definition) is 6. The van der Waals surface area contributed by atoms with Crippen molar-refractivity contribution in [3.05, 3.63) is 51.6 Å². The van der Waals surface area contributed by atoms with Crippen LogP contribution in [0.25, 0.3) is 0 Å². The zero-order valence-electron chi connectivity index (χ0n) is 24.4. The van der Waals surface area contributed by atoms with Gasteiger partial charge in [-0.05, 0) is 13.0 Å². The SMILES string of the molecule is COc1cccc2c1C(=O)c1c(O)c3c(c(O)c1C2=O)C[C@@](O)(C(=O)CO)C[C@@H]3O[C@H]1C[C@H](N)[C@H](O)[C@H](C)O1.CS(C)=O.Cl. The predicted molar refractivity (Wildman–Crippen MR) is 159 cm³/mol. The Morgan fingerprint density at radius 3 is 2.32 bits per heavy atom. The average Bonchev–Trinajstić information content (AvgIpc) is 2.94. The minimum absolute atomic E-state index is 0. The number of ketones is 3. The van der Waals surface area contributed by atoms with E-state index in [1.54, 1.807) is 19.4 Å². The summed E-state index contributed by atoms with van der Waals surface area (Å²) in [6.45, 7) is 0.560. The largest absolute Gasteiger partial charge is 0.507 e. The van der Waals surface area contributed by atoms with Crippen LogP contribution in [0.3, 0.4) is 0 Å². The van der Waals surface area contributed by atoms with Gasteiger partial charge in [0.1, 0.15) is 29.5 Å². The molecule has 15 heteroatoms. The van der Waals surface area contributed by atoms with Crippen molar-refractivity contribution < 1.29 is 58.3 Å². The molecule has 7 N–H and O–H groups in total. The van der Waals surface area contributed by atoms with Gasteiger partial charge in [-0.25, -0.2) is 0 Å². The highest BCUT2D eigenvalue weighted by Gasteiger charge is 2.50. The van der Waals surface area contributed by atoms with Crippen molar-refractivity contribution in [2.75, 3.05) is 26.2 Å². The molecule has 242 valence electrons. The third kappa shape index (κ3) is 6.26. The molecule has 0 radical (unpaired) electrons. The van der Waals surface area contributed by atoms with Crippen molar-refractivity contribution in [2.24, 2.45) is 5.73 Å². The summed E-state index contributed by atoms with van der Waals surface area (Å²) in [6.07, 6.45) is -1.85. The van der Waals surface area contributed by atoms with E-state index in [9.17, 15) is 44.1 Å². The van der Waals surface area contributed by atoms with Crippen LogP contribution in [0.15, 0.2) is 18.2 Å². The summed E-state index contributed by atoms with van der Waals surface area (Å²) < 4.78 is 26.5. The molecular formula is C29H36ClNO12S. The number of phenolic OH excluding ortho intramolecular Hbond substituents is 2. The van der Waals surface area contributed by atoms with Crippen LogP contribution in [-0.2, 0) is 31.5 Å². The topological polar surface area (TPSA) is 223 Å². The number of halogens is 1. The molecule has 1 heterocycles. The number of phenols is 2.